The van der Waals surface area contributed by atoms with Crippen molar-refractivity contribution >= 4 is 11.9 Å². The first-order valence-corrected chi connectivity index (χ1v) is 8.58. The van der Waals surface area contributed by atoms with Crippen LogP contribution < -0.4 is 0 Å². The summed E-state index contributed by atoms with van der Waals surface area (Å²) in [6.07, 6.45) is 2.30. The molecule has 0 bridgehead atoms. The first-order chi connectivity index (χ1) is 10.5. The van der Waals surface area contributed by atoms with Gasteiger partial charge in [-0.05, 0) is 54.0 Å². The molecule has 0 aromatic carbocycles. The molecule has 0 saturated carbocycles. The van der Waals surface area contributed by atoms with Crippen LogP contribution in [0.25, 0.3) is 0 Å². The maximum Gasteiger partial charge on any atom is 0.309 e. The largest absolute Gasteiger partial charge is 0.462 e. The lowest BCUT2D eigenvalue weighted by molar-refractivity contribution is -0.161. The standard InChI is InChI=1S/C18H33NO4/c1-8-13(2)15(20)22-9-10-23-16(21)14-11-17(3,4)19(7)18(5,6)12-14/h13-14H,8-12H2,1-7H3. The van der Waals surface area contributed by atoms with Gasteiger partial charge < -0.3 is 9.47 Å². The van der Waals surface area contributed by atoms with Gasteiger partial charge in [0.05, 0.1) is 11.8 Å². The SMILES string of the molecule is CCC(C)C(=O)OCCOC(=O)C1CC(C)(C)N(C)C(C)(C)C1. The van der Waals surface area contributed by atoms with Crippen LogP contribution in [0.15, 0.2) is 0 Å². The van der Waals surface area contributed by atoms with Crippen LogP contribution >= 0.6 is 0 Å². The highest BCUT2D eigenvalue weighted by molar-refractivity contribution is 5.73. The van der Waals surface area contributed by atoms with Gasteiger partial charge in [-0.2, -0.15) is 0 Å². The molecule has 1 unspecified atom stereocenters. The Hall–Kier alpha value is -1.10. The van der Waals surface area contributed by atoms with E-state index in [4.69, 9.17) is 9.47 Å². The number of carbonyl (C=O) groups excluding carboxylic acids is 2. The molecular weight excluding hydrogens is 294 g/mol. The Morgan fingerprint density at radius 1 is 1.09 bits per heavy atom. The van der Waals surface area contributed by atoms with Gasteiger partial charge in [0.25, 0.3) is 0 Å². The predicted octanol–water partition coefficient (Wildman–Crippen LogP) is 3.02. The van der Waals surface area contributed by atoms with Gasteiger partial charge >= 0.3 is 11.9 Å². The van der Waals surface area contributed by atoms with Gasteiger partial charge in [0.1, 0.15) is 13.2 Å². The van der Waals surface area contributed by atoms with E-state index in [-0.39, 0.29) is 48.1 Å². The topological polar surface area (TPSA) is 55.8 Å². The fourth-order valence-corrected chi connectivity index (χ4v) is 3.25. The van der Waals surface area contributed by atoms with E-state index in [0.29, 0.717) is 0 Å². The zero-order valence-corrected chi connectivity index (χ0v) is 15.8. The van der Waals surface area contributed by atoms with Crippen LogP contribution in [0.4, 0.5) is 0 Å². The number of hydrogen-bond acceptors (Lipinski definition) is 5. The lowest BCUT2D eigenvalue weighted by Gasteiger charge is -2.53. The van der Waals surface area contributed by atoms with Crippen molar-refractivity contribution < 1.29 is 19.1 Å². The number of piperidine rings is 1. The summed E-state index contributed by atoms with van der Waals surface area (Å²) in [6, 6.07) is 0. The minimum atomic E-state index is -0.231. The van der Waals surface area contributed by atoms with E-state index in [0.717, 1.165) is 19.3 Å². The molecule has 0 spiro atoms. The summed E-state index contributed by atoms with van der Waals surface area (Å²) in [6.45, 7) is 12.7. The van der Waals surface area contributed by atoms with E-state index in [2.05, 4.69) is 39.6 Å². The molecule has 1 aliphatic rings. The first kappa shape index (κ1) is 19.9. The molecule has 5 nitrogen and oxygen atoms in total. The van der Waals surface area contributed by atoms with Crippen molar-refractivity contribution in [3.05, 3.63) is 0 Å². The molecule has 0 amide bonds. The maximum atomic E-state index is 12.3. The Morgan fingerprint density at radius 3 is 2.04 bits per heavy atom. The molecule has 0 aliphatic carbocycles. The molecule has 0 radical (unpaired) electrons. The van der Waals surface area contributed by atoms with Crippen molar-refractivity contribution in [3.63, 3.8) is 0 Å². The van der Waals surface area contributed by atoms with Crippen LogP contribution in [-0.4, -0.2) is 48.2 Å². The minimum Gasteiger partial charge on any atom is -0.462 e. The molecule has 0 aromatic heterocycles. The van der Waals surface area contributed by atoms with Crippen LogP contribution in [0.5, 0.6) is 0 Å². The number of esters is 2. The van der Waals surface area contributed by atoms with Crippen molar-refractivity contribution in [2.45, 2.75) is 71.9 Å². The zero-order valence-electron chi connectivity index (χ0n) is 15.8. The predicted molar refractivity (Wildman–Crippen MR) is 90.0 cm³/mol. The fourth-order valence-electron chi connectivity index (χ4n) is 3.25. The Morgan fingerprint density at radius 2 is 1.57 bits per heavy atom. The van der Waals surface area contributed by atoms with Crippen molar-refractivity contribution in [1.82, 2.24) is 4.90 Å². The number of nitrogens with zero attached hydrogens (tertiary/aromatic N) is 1. The minimum absolute atomic E-state index is 0.0472. The van der Waals surface area contributed by atoms with Crippen LogP contribution in [-0.2, 0) is 19.1 Å². The summed E-state index contributed by atoms with van der Waals surface area (Å²) < 4.78 is 10.4. The average Bonchev–Trinajstić information content (AvgIpc) is 2.47. The van der Waals surface area contributed by atoms with Gasteiger partial charge in [0, 0.05) is 11.1 Å². The van der Waals surface area contributed by atoms with Gasteiger partial charge in [-0.1, -0.05) is 13.8 Å². The van der Waals surface area contributed by atoms with Crippen LogP contribution in [0.3, 0.4) is 0 Å². The number of hydrogen-bond donors (Lipinski definition) is 0. The normalized spacial score (nSPS) is 22.4. The summed E-state index contributed by atoms with van der Waals surface area (Å²) >= 11 is 0. The third-order valence-electron chi connectivity index (χ3n) is 5.23. The Bertz CT molecular complexity index is 413. The maximum absolute atomic E-state index is 12.3. The lowest BCUT2D eigenvalue weighted by Crippen LogP contribution is -2.59. The molecule has 134 valence electrons. The van der Waals surface area contributed by atoms with Gasteiger partial charge in [-0.15, -0.1) is 0 Å². The van der Waals surface area contributed by atoms with E-state index in [1.165, 1.54) is 0 Å². The highest BCUT2D eigenvalue weighted by Gasteiger charge is 2.45. The third kappa shape index (κ3) is 5.20. The number of carbonyl (C=O) groups is 2. The average molecular weight is 327 g/mol. The summed E-state index contributed by atoms with van der Waals surface area (Å²) in [7, 11) is 2.11. The smallest absolute Gasteiger partial charge is 0.309 e. The molecule has 1 heterocycles. The number of likely N-dealkylation sites (tertiary alicyclic amines) is 1. The van der Waals surface area contributed by atoms with Crippen LogP contribution in [0.2, 0.25) is 0 Å². The van der Waals surface area contributed by atoms with Crippen molar-refractivity contribution in [1.29, 1.82) is 0 Å². The zero-order chi connectivity index (χ0) is 17.8. The van der Waals surface area contributed by atoms with Crippen molar-refractivity contribution in [2.24, 2.45) is 11.8 Å². The molecular formula is C18H33NO4. The van der Waals surface area contributed by atoms with E-state index < -0.39 is 0 Å². The Labute approximate surface area is 140 Å². The molecule has 1 atom stereocenters. The van der Waals surface area contributed by atoms with Crippen molar-refractivity contribution in [2.75, 3.05) is 20.3 Å². The van der Waals surface area contributed by atoms with Gasteiger partial charge in [-0.3, -0.25) is 14.5 Å². The van der Waals surface area contributed by atoms with E-state index >= 15 is 0 Å². The monoisotopic (exact) mass is 327 g/mol. The first-order valence-electron chi connectivity index (χ1n) is 8.58. The van der Waals surface area contributed by atoms with Crippen LogP contribution in [0, 0.1) is 11.8 Å². The van der Waals surface area contributed by atoms with Gasteiger partial charge in [0.15, 0.2) is 0 Å². The molecule has 1 rings (SSSR count). The lowest BCUT2D eigenvalue weighted by atomic mass is 9.74. The second-order valence-corrected chi connectivity index (χ2v) is 7.93. The highest BCUT2D eigenvalue weighted by atomic mass is 16.6. The summed E-state index contributed by atoms with van der Waals surface area (Å²) in [5.41, 5.74) is -0.0943. The summed E-state index contributed by atoms with van der Waals surface area (Å²) in [5, 5.41) is 0. The molecule has 5 heteroatoms. The van der Waals surface area contributed by atoms with Gasteiger partial charge in [0.2, 0.25) is 0 Å². The number of ether oxygens (including phenoxy) is 2. The fraction of sp³-hybridized carbons (Fsp3) is 0.889. The van der Waals surface area contributed by atoms with E-state index in [1.807, 2.05) is 13.8 Å². The summed E-state index contributed by atoms with van der Waals surface area (Å²) in [4.78, 5) is 26.2. The Balaban J connectivity index is 2.45. The van der Waals surface area contributed by atoms with Crippen LogP contribution in [0.1, 0.15) is 60.8 Å². The quantitative estimate of drug-likeness (QED) is 0.554. The molecule has 0 aromatic rings. The molecule has 1 fully saturated rings. The molecule has 23 heavy (non-hydrogen) atoms. The van der Waals surface area contributed by atoms with E-state index in [1.54, 1.807) is 0 Å². The van der Waals surface area contributed by atoms with Gasteiger partial charge in [-0.25, -0.2) is 0 Å². The van der Waals surface area contributed by atoms with E-state index in [9.17, 15) is 9.59 Å². The molecule has 1 saturated heterocycles. The molecule has 0 N–H and O–H groups in total. The third-order valence-corrected chi connectivity index (χ3v) is 5.23. The van der Waals surface area contributed by atoms with Crippen molar-refractivity contribution in [3.8, 4) is 0 Å². The Kier molecular flexibility index (Phi) is 6.63. The molecule has 1 aliphatic heterocycles. The second kappa shape index (κ2) is 7.65. The summed E-state index contributed by atoms with van der Waals surface area (Å²) in [5.74, 6) is -0.633. The highest BCUT2D eigenvalue weighted by Crippen LogP contribution is 2.40. The number of rotatable bonds is 6. The second-order valence-electron chi connectivity index (χ2n) is 7.93.